The standard InChI is InChI=1S/C20H28N4O2/c1-2-23(14-20(25)26)19-11-17(12-19)22-16-7-9-24(10-8-16)18-5-3-15(13-21)4-6-18/h3-6,16-17,19,22H,2,7-12,14H2,1H3,(H,25,26). The van der Waals surface area contributed by atoms with Crippen LogP contribution in [-0.4, -0.2) is 60.3 Å². The summed E-state index contributed by atoms with van der Waals surface area (Å²) in [7, 11) is 0. The Morgan fingerprint density at radius 2 is 1.92 bits per heavy atom. The lowest BCUT2D eigenvalue weighted by Crippen LogP contribution is -2.57. The Kier molecular flexibility index (Phi) is 6.12. The van der Waals surface area contributed by atoms with Crippen molar-refractivity contribution in [3.63, 3.8) is 0 Å². The molecule has 26 heavy (non-hydrogen) atoms. The molecule has 3 rings (SSSR count). The number of likely N-dealkylation sites (N-methyl/N-ethyl adjacent to an activating group) is 1. The van der Waals surface area contributed by atoms with Crippen LogP contribution in [0.1, 0.15) is 38.2 Å². The Morgan fingerprint density at radius 3 is 2.46 bits per heavy atom. The van der Waals surface area contributed by atoms with E-state index >= 15 is 0 Å². The number of benzene rings is 1. The lowest BCUT2D eigenvalue weighted by molar-refractivity contribution is -0.139. The number of aliphatic carboxylic acids is 1. The predicted molar refractivity (Wildman–Crippen MR) is 101 cm³/mol. The number of nitrogens with zero attached hydrogens (tertiary/aromatic N) is 3. The van der Waals surface area contributed by atoms with E-state index in [0.717, 1.165) is 45.3 Å². The Labute approximate surface area is 155 Å². The van der Waals surface area contributed by atoms with Gasteiger partial charge in [-0.3, -0.25) is 9.69 Å². The molecule has 2 N–H and O–H groups in total. The molecule has 6 nitrogen and oxygen atoms in total. The van der Waals surface area contributed by atoms with E-state index in [1.165, 1.54) is 5.69 Å². The number of hydrogen-bond acceptors (Lipinski definition) is 5. The number of piperidine rings is 1. The summed E-state index contributed by atoms with van der Waals surface area (Å²) < 4.78 is 0. The molecule has 1 aromatic rings. The van der Waals surface area contributed by atoms with E-state index in [2.05, 4.69) is 21.2 Å². The van der Waals surface area contributed by atoms with Gasteiger partial charge in [-0.15, -0.1) is 0 Å². The maximum atomic E-state index is 10.9. The molecule has 0 radical (unpaired) electrons. The minimum absolute atomic E-state index is 0.150. The normalized spacial score (nSPS) is 23.5. The highest BCUT2D eigenvalue weighted by Gasteiger charge is 2.35. The topological polar surface area (TPSA) is 79.6 Å². The van der Waals surface area contributed by atoms with Gasteiger partial charge in [0.1, 0.15) is 0 Å². The summed E-state index contributed by atoms with van der Waals surface area (Å²) in [6.07, 6.45) is 4.34. The molecule has 2 aliphatic rings. The van der Waals surface area contributed by atoms with Gasteiger partial charge in [-0.1, -0.05) is 6.92 Å². The van der Waals surface area contributed by atoms with Gasteiger partial charge in [-0.2, -0.15) is 5.26 Å². The van der Waals surface area contributed by atoms with Crippen LogP contribution in [0.4, 0.5) is 5.69 Å². The monoisotopic (exact) mass is 356 g/mol. The summed E-state index contributed by atoms with van der Waals surface area (Å²) in [6, 6.07) is 11.5. The van der Waals surface area contributed by atoms with Crippen LogP contribution in [0, 0.1) is 11.3 Å². The zero-order valence-corrected chi connectivity index (χ0v) is 15.4. The fourth-order valence-electron chi connectivity index (χ4n) is 4.08. The van der Waals surface area contributed by atoms with E-state index in [4.69, 9.17) is 10.4 Å². The largest absolute Gasteiger partial charge is 0.480 e. The Hall–Kier alpha value is -2.10. The number of nitrogens with one attached hydrogen (secondary N) is 1. The van der Waals surface area contributed by atoms with Gasteiger partial charge in [0.15, 0.2) is 0 Å². The van der Waals surface area contributed by atoms with E-state index in [0.29, 0.717) is 23.7 Å². The molecule has 0 unspecified atom stereocenters. The van der Waals surface area contributed by atoms with Gasteiger partial charge in [-0.25, -0.2) is 0 Å². The molecule has 1 aromatic carbocycles. The number of carboxylic acids is 1. The molecule has 1 saturated carbocycles. The van der Waals surface area contributed by atoms with Crippen molar-refractivity contribution in [2.75, 3.05) is 31.1 Å². The van der Waals surface area contributed by atoms with E-state index in [9.17, 15) is 4.79 Å². The summed E-state index contributed by atoms with van der Waals surface area (Å²) in [4.78, 5) is 15.4. The first-order valence-corrected chi connectivity index (χ1v) is 9.56. The highest BCUT2D eigenvalue weighted by molar-refractivity contribution is 5.69. The minimum atomic E-state index is -0.738. The summed E-state index contributed by atoms with van der Waals surface area (Å²) in [5.41, 5.74) is 1.90. The Bertz CT molecular complexity index is 641. The van der Waals surface area contributed by atoms with Crippen LogP contribution in [0.2, 0.25) is 0 Å². The third kappa shape index (κ3) is 4.54. The zero-order chi connectivity index (χ0) is 18.5. The second-order valence-corrected chi connectivity index (χ2v) is 7.37. The van der Waals surface area contributed by atoms with Gasteiger partial charge < -0.3 is 15.3 Å². The number of nitriles is 1. The van der Waals surface area contributed by atoms with Crippen LogP contribution in [0.3, 0.4) is 0 Å². The number of anilines is 1. The fraction of sp³-hybridized carbons (Fsp3) is 0.600. The van der Waals surface area contributed by atoms with Gasteiger partial charge in [-0.05, 0) is 56.5 Å². The van der Waals surface area contributed by atoms with Gasteiger partial charge in [0.2, 0.25) is 0 Å². The molecule has 1 aliphatic carbocycles. The van der Waals surface area contributed by atoms with Gasteiger partial charge in [0.25, 0.3) is 0 Å². The molecule has 6 heteroatoms. The van der Waals surface area contributed by atoms with Crippen molar-refractivity contribution >= 4 is 11.7 Å². The first-order valence-electron chi connectivity index (χ1n) is 9.56. The lowest BCUT2D eigenvalue weighted by Gasteiger charge is -2.45. The molecule has 1 heterocycles. The molecule has 1 aliphatic heterocycles. The van der Waals surface area contributed by atoms with Crippen LogP contribution in [0.15, 0.2) is 24.3 Å². The third-order valence-electron chi connectivity index (χ3n) is 5.70. The number of rotatable bonds is 7. The molecular formula is C20H28N4O2. The molecule has 0 bridgehead atoms. The second-order valence-electron chi connectivity index (χ2n) is 7.37. The van der Waals surface area contributed by atoms with Crippen molar-refractivity contribution < 1.29 is 9.90 Å². The number of carboxylic acid groups (broad SMARTS) is 1. The molecule has 0 spiro atoms. The zero-order valence-electron chi connectivity index (χ0n) is 15.4. The minimum Gasteiger partial charge on any atom is -0.480 e. The van der Waals surface area contributed by atoms with Crippen LogP contribution in [0.25, 0.3) is 0 Å². The lowest BCUT2D eigenvalue weighted by atomic mass is 9.84. The van der Waals surface area contributed by atoms with Crippen molar-refractivity contribution in [2.45, 2.75) is 50.7 Å². The third-order valence-corrected chi connectivity index (χ3v) is 5.70. The van der Waals surface area contributed by atoms with E-state index in [1.807, 2.05) is 31.2 Å². The highest BCUT2D eigenvalue weighted by Crippen LogP contribution is 2.28. The molecule has 0 aromatic heterocycles. The molecule has 0 atom stereocenters. The summed E-state index contributed by atoms with van der Waals surface area (Å²) >= 11 is 0. The molecule has 140 valence electrons. The first kappa shape index (κ1) is 18.7. The quantitative estimate of drug-likeness (QED) is 0.778. The van der Waals surface area contributed by atoms with Crippen molar-refractivity contribution in [3.05, 3.63) is 29.8 Å². The summed E-state index contributed by atoms with van der Waals surface area (Å²) in [5, 5.41) is 21.6. The van der Waals surface area contributed by atoms with Crippen molar-refractivity contribution in [1.29, 1.82) is 5.26 Å². The SMILES string of the molecule is CCN(CC(=O)O)C1CC(NC2CCN(c3ccc(C#N)cc3)CC2)C1. The highest BCUT2D eigenvalue weighted by atomic mass is 16.4. The Balaban J connectivity index is 1.40. The fourth-order valence-corrected chi connectivity index (χ4v) is 4.08. The number of hydrogen-bond donors (Lipinski definition) is 2. The molecule has 1 saturated heterocycles. The average Bonchev–Trinajstić information content (AvgIpc) is 2.63. The summed E-state index contributed by atoms with van der Waals surface area (Å²) in [6.45, 7) is 5.03. The molecule has 0 amide bonds. The maximum Gasteiger partial charge on any atom is 0.317 e. The molecule has 2 fully saturated rings. The van der Waals surface area contributed by atoms with Gasteiger partial charge in [0.05, 0.1) is 18.2 Å². The summed E-state index contributed by atoms with van der Waals surface area (Å²) in [5.74, 6) is -0.738. The average molecular weight is 356 g/mol. The van der Waals surface area contributed by atoms with Gasteiger partial charge in [0, 0.05) is 36.9 Å². The van der Waals surface area contributed by atoms with Crippen LogP contribution < -0.4 is 10.2 Å². The smallest absolute Gasteiger partial charge is 0.317 e. The predicted octanol–water partition coefficient (Wildman–Crippen LogP) is 2.05. The maximum absolute atomic E-state index is 10.9. The van der Waals surface area contributed by atoms with Gasteiger partial charge >= 0.3 is 5.97 Å². The van der Waals surface area contributed by atoms with Crippen LogP contribution >= 0.6 is 0 Å². The van der Waals surface area contributed by atoms with E-state index in [-0.39, 0.29) is 6.54 Å². The second kappa shape index (κ2) is 8.52. The van der Waals surface area contributed by atoms with Crippen LogP contribution in [0.5, 0.6) is 0 Å². The Morgan fingerprint density at radius 1 is 1.27 bits per heavy atom. The molecular weight excluding hydrogens is 328 g/mol. The van der Waals surface area contributed by atoms with Crippen molar-refractivity contribution in [2.24, 2.45) is 0 Å². The first-order chi connectivity index (χ1) is 12.6. The van der Waals surface area contributed by atoms with Crippen molar-refractivity contribution in [1.82, 2.24) is 10.2 Å². The van der Waals surface area contributed by atoms with E-state index < -0.39 is 5.97 Å². The van der Waals surface area contributed by atoms with Crippen molar-refractivity contribution in [3.8, 4) is 6.07 Å². The van der Waals surface area contributed by atoms with E-state index in [1.54, 1.807) is 0 Å². The number of carbonyl (C=O) groups is 1. The van der Waals surface area contributed by atoms with Crippen LogP contribution in [-0.2, 0) is 4.79 Å².